The van der Waals surface area contributed by atoms with E-state index in [-0.39, 0.29) is 42.0 Å². The van der Waals surface area contributed by atoms with Crippen molar-refractivity contribution in [3.05, 3.63) is 29.3 Å². The van der Waals surface area contributed by atoms with Gasteiger partial charge in [-0.25, -0.2) is 0 Å². The van der Waals surface area contributed by atoms with Crippen molar-refractivity contribution in [2.45, 2.75) is 83.6 Å². The normalized spacial score (nSPS) is 16.4. The molecule has 1 saturated heterocycles. The van der Waals surface area contributed by atoms with Gasteiger partial charge in [0.15, 0.2) is 0 Å². The van der Waals surface area contributed by atoms with Gasteiger partial charge >= 0.3 is 0 Å². The van der Waals surface area contributed by atoms with Gasteiger partial charge in [-0.05, 0) is 37.8 Å². The van der Waals surface area contributed by atoms with Gasteiger partial charge in [0.1, 0.15) is 6.04 Å². The van der Waals surface area contributed by atoms with Gasteiger partial charge in [-0.3, -0.25) is 34.2 Å². The highest BCUT2D eigenvalue weighted by Gasteiger charge is 2.45. The second-order valence-electron chi connectivity index (χ2n) is 10.9. The molecule has 3 rings (SSSR count). The molecule has 2 aliphatic heterocycles. The predicted molar refractivity (Wildman–Crippen MR) is 162 cm³/mol. The molecule has 2 N–H and O–H groups in total. The summed E-state index contributed by atoms with van der Waals surface area (Å²) in [4.78, 5) is 63.3. The summed E-state index contributed by atoms with van der Waals surface area (Å²) in [5.41, 5.74) is 0.422. The van der Waals surface area contributed by atoms with Gasteiger partial charge in [0.05, 0.1) is 56.5 Å². The Kier molecular flexibility index (Phi) is 16.0. The van der Waals surface area contributed by atoms with Crippen LogP contribution in [0.2, 0.25) is 0 Å². The maximum Gasteiger partial charge on any atom is 0.264 e. The van der Waals surface area contributed by atoms with Crippen molar-refractivity contribution in [1.82, 2.24) is 10.2 Å². The Hall–Kier alpha value is -3.19. The summed E-state index contributed by atoms with van der Waals surface area (Å²) in [5, 5.41) is 4.91. The molecule has 0 spiro atoms. The smallest absolute Gasteiger partial charge is 0.264 e. The molecular weight excluding hydrogens is 570 g/mol. The quantitative estimate of drug-likeness (QED) is 0.139. The second kappa shape index (κ2) is 20.0. The molecule has 1 aromatic carbocycles. The van der Waals surface area contributed by atoms with Crippen molar-refractivity contribution in [1.29, 1.82) is 0 Å². The summed E-state index contributed by atoms with van der Waals surface area (Å²) in [5.74, 6) is -2.66. The lowest BCUT2D eigenvalue weighted by Crippen LogP contribution is -2.54. The predicted octanol–water partition coefficient (Wildman–Crippen LogP) is 3.62. The summed E-state index contributed by atoms with van der Waals surface area (Å²) < 4.78 is 22.1. The molecule has 1 atom stereocenters. The van der Waals surface area contributed by atoms with Crippen LogP contribution in [0.15, 0.2) is 18.2 Å². The molecule has 2 heterocycles. The molecule has 12 nitrogen and oxygen atoms in total. The van der Waals surface area contributed by atoms with Crippen LogP contribution < -0.4 is 10.6 Å². The molecule has 0 radical (unpaired) electrons. The van der Waals surface area contributed by atoms with E-state index in [0.29, 0.717) is 52.7 Å². The van der Waals surface area contributed by atoms with Gasteiger partial charge in [0.2, 0.25) is 17.7 Å². The zero-order valence-electron chi connectivity index (χ0n) is 25.9. The Morgan fingerprint density at radius 3 is 2.00 bits per heavy atom. The number of piperidine rings is 1. The number of benzene rings is 1. The fraction of sp³-hybridized carbons (Fsp3) is 0.656. The van der Waals surface area contributed by atoms with Crippen LogP contribution in [0.4, 0.5) is 5.69 Å². The van der Waals surface area contributed by atoms with Crippen LogP contribution >= 0.6 is 0 Å². The maximum atomic E-state index is 13.1. The van der Waals surface area contributed by atoms with Crippen LogP contribution in [0.1, 0.15) is 98.3 Å². The largest absolute Gasteiger partial charge is 0.379 e. The molecule has 1 fully saturated rings. The molecule has 0 aliphatic carbocycles. The second-order valence-corrected chi connectivity index (χ2v) is 10.9. The summed E-state index contributed by atoms with van der Waals surface area (Å²) in [6.45, 7) is 6.76. The Balaban J connectivity index is 1.19. The first-order valence-corrected chi connectivity index (χ1v) is 15.9. The average Bonchev–Trinajstić information content (AvgIpc) is 3.26. The molecule has 1 unspecified atom stereocenters. The lowest BCUT2D eigenvalue weighted by atomic mass is 10.0. The van der Waals surface area contributed by atoms with Crippen LogP contribution in [0.25, 0.3) is 0 Å². The number of imide groups is 2. The minimum absolute atomic E-state index is 0.0393. The number of anilines is 1. The van der Waals surface area contributed by atoms with E-state index in [1.807, 2.05) is 0 Å². The van der Waals surface area contributed by atoms with E-state index in [9.17, 15) is 24.0 Å². The molecule has 12 heteroatoms. The SMILES string of the molecule is CCCCCCCOCCOCCOCCOCCCCCC(=O)Nc1cccc2c1C(=O)N(C1CCC(=O)NC1=O)C2=O. The number of hydrogen-bond acceptors (Lipinski definition) is 9. The first-order chi connectivity index (χ1) is 21.4. The van der Waals surface area contributed by atoms with Crippen molar-refractivity contribution in [3.63, 3.8) is 0 Å². The monoisotopic (exact) mass is 617 g/mol. The molecule has 5 amide bonds. The van der Waals surface area contributed by atoms with E-state index in [0.717, 1.165) is 30.8 Å². The standard InChI is InChI=1S/C32H47N3O9/c1-2-3-4-5-8-16-41-18-20-43-22-23-44-21-19-42-17-9-6-7-13-27(36)33-25-12-10-11-24-29(25)32(40)35(31(24)39)26-14-15-28(37)34-30(26)38/h10-12,26H,2-9,13-23H2,1H3,(H,33,36)(H,34,37,38). The number of nitrogens with one attached hydrogen (secondary N) is 2. The highest BCUT2D eigenvalue weighted by Crippen LogP contribution is 2.32. The highest BCUT2D eigenvalue weighted by molar-refractivity contribution is 6.26. The van der Waals surface area contributed by atoms with Crippen LogP contribution in [0, 0.1) is 0 Å². The number of rotatable bonds is 23. The lowest BCUT2D eigenvalue weighted by Gasteiger charge is -2.27. The number of fused-ring (bicyclic) bond motifs is 1. The van der Waals surface area contributed by atoms with Gasteiger partial charge < -0.3 is 24.3 Å². The van der Waals surface area contributed by atoms with Crippen LogP contribution in [-0.4, -0.2) is 93.3 Å². The number of amides is 5. The Bertz CT molecular complexity index is 1110. The zero-order chi connectivity index (χ0) is 31.6. The Labute approximate surface area is 259 Å². The number of carbonyl (C=O) groups excluding carboxylic acids is 5. The van der Waals surface area contributed by atoms with E-state index >= 15 is 0 Å². The summed E-state index contributed by atoms with van der Waals surface area (Å²) in [7, 11) is 0. The van der Waals surface area contributed by atoms with Gasteiger partial charge in [-0.2, -0.15) is 0 Å². The van der Waals surface area contributed by atoms with Crippen LogP contribution in [0.5, 0.6) is 0 Å². The van der Waals surface area contributed by atoms with E-state index in [2.05, 4.69) is 17.6 Å². The Morgan fingerprint density at radius 2 is 1.39 bits per heavy atom. The minimum atomic E-state index is -1.06. The van der Waals surface area contributed by atoms with Gasteiger partial charge in [-0.1, -0.05) is 45.1 Å². The van der Waals surface area contributed by atoms with Crippen molar-refractivity contribution < 1.29 is 42.9 Å². The maximum absolute atomic E-state index is 13.1. The number of hydrogen-bond donors (Lipinski definition) is 2. The zero-order valence-corrected chi connectivity index (χ0v) is 25.9. The summed E-state index contributed by atoms with van der Waals surface area (Å²) >= 11 is 0. The molecule has 0 saturated carbocycles. The molecule has 244 valence electrons. The van der Waals surface area contributed by atoms with Crippen molar-refractivity contribution in [2.24, 2.45) is 0 Å². The van der Waals surface area contributed by atoms with E-state index < -0.39 is 29.7 Å². The van der Waals surface area contributed by atoms with E-state index in [1.165, 1.54) is 31.7 Å². The van der Waals surface area contributed by atoms with Crippen molar-refractivity contribution in [3.8, 4) is 0 Å². The van der Waals surface area contributed by atoms with Gasteiger partial charge in [0, 0.05) is 26.1 Å². The highest BCUT2D eigenvalue weighted by atomic mass is 16.6. The first kappa shape index (κ1) is 35.3. The van der Waals surface area contributed by atoms with Crippen LogP contribution in [0.3, 0.4) is 0 Å². The number of unbranched alkanes of at least 4 members (excludes halogenated alkanes) is 6. The molecule has 2 aliphatic rings. The summed E-state index contributed by atoms with van der Waals surface area (Å²) in [6, 6.07) is 3.57. The van der Waals surface area contributed by atoms with Crippen molar-refractivity contribution >= 4 is 35.2 Å². The van der Waals surface area contributed by atoms with Crippen molar-refractivity contribution in [2.75, 3.05) is 58.2 Å². The third-order valence-electron chi connectivity index (χ3n) is 7.44. The van der Waals surface area contributed by atoms with E-state index in [1.54, 1.807) is 12.1 Å². The number of ether oxygens (including phenoxy) is 4. The lowest BCUT2D eigenvalue weighted by molar-refractivity contribution is -0.136. The third-order valence-corrected chi connectivity index (χ3v) is 7.44. The summed E-state index contributed by atoms with van der Waals surface area (Å²) in [6.07, 6.45) is 8.73. The topological polar surface area (TPSA) is 150 Å². The molecule has 0 aromatic heterocycles. The number of carbonyl (C=O) groups is 5. The fourth-order valence-corrected chi connectivity index (χ4v) is 5.07. The fourth-order valence-electron chi connectivity index (χ4n) is 5.07. The average molecular weight is 618 g/mol. The van der Waals surface area contributed by atoms with E-state index in [4.69, 9.17) is 18.9 Å². The first-order valence-electron chi connectivity index (χ1n) is 15.9. The molecule has 44 heavy (non-hydrogen) atoms. The Morgan fingerprint density at radius 1 is 0.795 bits per heavy atom. The minimum Gasteiger partial charge on any atom is -0.379 e. The van der Waals surface area contributed by atoms with Gasteiger partial charge in [-0.15, -0.1) is 0 Å². The molecular formula is C32H47N3O9. The third kappa shape index (κ3) is 11.4. The number of nitrogens with zero attached hydrogens (tertiary/aromatic N) is 1. The van der Waals surface area contributed by atoms with Crippen LogP contribution in [-0.2, 0) is 33.3 Å². The van der Waals surface area contributed by atoms with Gasteiger partial charge in [0.25, 0.3) is 11.8 Å². The molecule has 0 bridgehead atoms. The molecule has 1 aromatic rings.